The Balaban J connectivity index is 1.73. The fourth-order valence-corrected chi connectivity index (χ4v) is 3.15. The Morgan fingerprint density at radius 1 is 1.42 bits per heavy atom. The topological polar surface area (TPSA) is 122 Å². The van der Waals surface area contributed by atoms with E-state index in [1.54, 1.807) is 42.6 Å². The number of hydrogen-bond donors (Lipinski definition) is 1. The fraction of sp³-hybridized carbons (Fsp3) is 0.526. The number of hydrazine groups is 1. The third-order valence-electron chi connectivity index (χ3n) is 4.30. The van der Waals surface area contributed by atoms with E-state index in [1.807, 2.05) is 6.08 Å². The van der Waals surface area contributed by atoms with Gasteiger partial charge in [0.1, 0.15) is 11.3 Å². The van der Waals surface area contributed by atoms with Crippen molar-refractivity contribution in [3.8, 4) is 0 Å². The molecule has 12 heteroatoms. The van der Waals surface area contributed by atoms with Crippen molar-refractivity contribution >= 4 is 23.7 Å². The number of rotatable bonds is 6. The third kappa shape index (κ3) is 5.40. The summed E-state index contributed by atoms with van der Waals surface area (Å²) in [5.41, 5.74) is 2.89. The van der Waals surface area contributed by atoms with Crippen LogP contribution in [-0.4, -0.2) is 79.3 Å². The fourth-order valence-electron chi connectivity index (χ4n) is 3.15. The molecule has 3 rings (SSSR count). The number of ether oxygens (including phenoxy) is 1. The number of nitrogens with zero attached hydrogens (tertiary/aromatic N) is 6. The maximum atomic E-state index is 12.4. The average molecular weight is 433 g/mol. The second-order valence-electron chi connectivity index (χ2n) is 8.19. The van der Waals surface area contributed by atoms with Crippen molar-refractivity contribution in [1.29, 1.82) is 0 Å². The van der Waals surface area contributed by atoms with Gasteiger partial charge in [-0.2, -0.15) is 5.06 Å². The Kier molecular flexibility index (Phi) is 6.29. The first-order chi connectivity index (χ1) is 14.6. The molecule has 2 bridgehead atoms. The summed E-state index contributed by atoms with van der Waals surface area (Å²) in [5, 5.41) is 10.6. The smallest absolute Gasteiger partial charge is 0.429 e. The van der Waals surface area contributed by atoms with E-state index in [4.69, 9.17) is 9.57 Å². The van der Waals surface area contributed by atoms with Gasteiger partial charge < -0.3 is 9.64 Å². The van der Waals surface area contributed by atoms with Gasteiger partial charge >= 0.3 is 12.1 Å². The van der Waals surface area contributed by atoms with Gasteiger partial charge in [0.25, 0.3) is 0 Å². The molecule has 0 aliphatic carbocycles. The van der Waals surface area contributed by atoms with E-state index in [0.29, 0.717) is 18.8 Å². The highest BCUT2D eigenvalue weighted by molar-refractivity contribution is 5.80. The van der Waals surface area contributed by atoms with Crippen LogP contribution in [0.2, 0.25) is 0 Å². The van der Waals surface area contributed by atoms with E-state index >= 15 is 0 Å². The van der Waals surface area contributed by atoms with Gasteiger partial charge in [-0.25, -0.2) is 19.3 Å². The minimum atomic E-state index is -0.724. The molecule has 1 fully saturated rings. The summed E-state index contributed by atoms with van der Waals surface area (Å²) < 4.78 is 6.87. The lowest BCUT2D eigenvalue weighted by Crippen LogP contribution is -2.47. The van der Waals surface area contributed by atoms with Gasteiger partial charge in [0, 0.05) is 13.5 Å². The predicted octanol–water partition coefficient (Wildman–Crippen LogP) is 1.14. The average Bonchev–Trinajstić information content (AvgIpc) is 3.21. The van der Waals surface area contributed by atoms with Crippen LogP contribution in [0.1, 0.15) is 33.4 Å². The van der Waals surface area contributed by atoms with Crippen molar-refractivity contribution in [2.75, 3.05) is 19.7 Å². The molecule has 1 saturated heterocycles. The Bertz CT molecular complexity index is 904. The molecule has 1 N–H and O–H groups in total. The Hall–Kier alpha value is -3.41. The third-order valence-corrected chi connectivity index (χ3v) is 4.30. The molecule has 2 aliphatic rings. The molecule has 0 saturated carbocycles. The van der Waals surface area contributed by atoms with Gasteiger partial charge in [0.2, 0.25) is 5.91 Å². The van der Waals surface area contributed by atoms with Crippen molar-refractivity contribution < 1.29 is 24.0 Å². The molecule has 1 unspecified atom stereocenters. The molecule has 0 spiro atoms. The SMILES string of the molecule is C=CCON1C(=O)N2CC(n3cc(CN(NC(C)=O)C(=O)OC(C)(C)C)nn3)=CC1C2. The van der Waals surface area contributed by atoms with Crippen molar-refractivity contribution in [2.45, 2.75) is 45.9 Å². The van der Waals surface area contributed by atoms with Gasteiger partial charge in [0.05, 0.1) is 37.6 Å². The van der Waals surface area contributed by atoms with Crippen LogP contribution >= 0.6 is 0 Å². The lowest BCUT2D eigenvalue weighted by Gasteiger charge is -2.26. The highest BCUT2D eigenvalue weighted by Crippen LogP contribution is 2.26. The van der Waals surface area contributed by atoms with Crippen LogP contribution in [-0.2, 0) is 20.9 Å². The van der Waals surface area contributed by atoms with Crippen LogP contribution in [0.3, 0.4) is 0 Å². The molecule has 1 aromatic rings. The number of hydroxylamine groups is 2. The monoisotopic (exact) mass is 433 g/mol. The number of aromatic nitrogens is 3. The summed E-state index contributed by atoms with van der Waals surface area (Å²) in [7, 11) is 0. The van der Waals surface area contributed by atoms with Gasteiger partial charge in [-0.05, 0) is 26.8 Å². The van der Waals surface area contributed by atoms with E-state index in [0.717, 1.165) is 10.7 Å². The molecule has 3 heterocycles. The zero-order valence-electron chi connectivity index (χ0n) is 18.1. The minimum Gasteiger partial charge on any atom is -0.442 e. The molecule has 0 aromatic carbocycles. The lowest BCUT2D eigenvalue weighted by atomic mass is 10.2. The summed E-state index contributed by atoms with van der Waals surface area (Å²) in [4.78, 5) is 43.5. The highest BCUT2D eigenvalue weighted by atomic mass is 16.7. The number of carbonyl (C=O) groups excluding carboxylic acids is 3. The molecular weight excluding hydrogens is 406 g/mol. The second-order valence-corrected chi connectivity index (χ2v) is 8.19. The Morgan fingerprint density at radius 3 is 2.81 bits per heavy atom. The first-order valence-corrected chi connectivity index (χ1v) is 9.79. The van der Waals surface area contributed by atoms with Crippen LogP contribution in [0.15, 0.2) is 24.9 Å². The van der Waals surface area contributed by atoms with Crippen molar-refractivity contribution in [3.63, 3.8) is 0 Å². The summed E-state index contributed by atoms with van der Waals surface area (Å²) >= 11 is 0. The van der Waals surface area contributed by atoms with E-state index in [2.05, 4.69) is 22.3 Å². The van der Waals surface area contributed by atoms with E-state index in [1.165, 1.54) is 12.0 Å². The molecule has 31 heavy (non-hydrogen) atoms. The standard InChI is InChI=1S/C19H27N7O5/c1-6-7-30-26-16-8-15(11-23(12-16)17(26)28)24-9-14(20-22-24)10-25(21-13(2)27)18(29)31-19(3,4)5/h6,8-9,16H,1,7,10-12H2,2-5H3,(H,21,27). The lowest BCUT2D eigenvalue weighted by molar-refractivity contribution is -0.124. The zero-order valence-corrected chi connectivity index (χ0v) is 18.1. The molecule has 1 aromatic heterocycles. The predicted molar refractivity (Wildman–Crippen MR) is 109 cm³/mol. The van der Waals surface area contributed by atoms with Gasteiger partial charge in [-0.15, -0.1) is 11.7 Å². The highest BCUT2D eigenvalue weighted by Gasteiger charge is 2.41. The van der Waals surface area contributed by atoms with Gasteiger partial charge in [0.15, 0.2) is 0 Å². The van der Waals surface area contributed by atoms with E-state index < -0.39 is 17.6 Å². The summed E-state index contributed by atoms with van der Waals surface area (Å²) in [5.74, 6) is -0.421. The van der Waals surface area contributed by atoms with E-state index in [-0.39, 0.29) is 25.2 Å². The van der Waals surface area contributed by atoms with Crippen LogP contribution in [0.5, 0.6) is 0 Å². The van der Waals surface area contributed by atoms with Crippen LogP contribution < -0.4 is 5.43 Å². The second kappa shape index (κ2) is 8.76. The number of fused-ring (bicyclic) bond motifs is 2. The van der Waals surface area contributed by atoms with Crippen molar-refractivity contribution in [2.24, 2.45) is 0 Å². The normalized spacial score (nSPS) is 18.0. The number of carbonyl (C=O) groups is 3. The molecule has 1 atom stereocenters. The largest absolute Gasteiger partial charge is 0.442 e. The van der Waals surface area contributed by atoms with E-state index in [9.17, 15) is 14.4 Å². The first kappa shape index (κ1) is 22.3. The molecule has 168 valence electrons. The number of nitrogens with one attached hydrogen (secondary N) is 1. The van der Waals surface area contributed by atoms with Gasteiger partial charge in [-0.1, -0.05) is 11.3 Å². The molecule has 2 aliphatic heterocycles. The molecule has 12 nitrogen and oxygen atoms in total. The number of hydrogen-bond acceptors (Lipinski definition) is 7. The molecule has 4 amide bonds. The van der Waals surface area contributed by atoms with Crippen LogP contribution in [0.25, 0.3) is 5.70 Å². The van der Waals surface area contributed by atoms with Crippen molar-refractivity contribution in [1.82, 2.24) is 35.4 Å². The number of amides is 4. The minimum absolute atomic E-state index is 0.0393. The molecule has 0 radical (unpaired) electrons. The summed E-state index contributed by atoms with van der Waals surface area (Å²) in [6.07, 6.45) is 4.39. The van der Waals surface area contributed by atoms with Gasteiger partial charge in [-0.3, -0.25) is 15.1 Å². The molecular formula is C19H27N7O5. The number of urea groups is 1. The van der Waals surface area contributed by atoms with Crippen molar-refractivity contribution in [3.05, 3.63) is 30.6 Å². The summed E-state index contributed by atoms with van der Waals surface area (Å²) in [6.45, 7) is 11.1. The summed E-state index contributed by atoms with van der Waals surface area (Å²) in [6, 6.07) is -0.471. The maximum absolute atomic E-state index is 12.4. The first-order valence-electron chi connectivity index (χ1n) is 9.79. The maximum Gasteiger partial charge on any atom is 0.429 e. The zero-order chi connectivity index (χ0) is 22.8. The quantitative estimate of drug-likeness (QED) is 0.527. The van der Waals surface area contributed by atoms with Crippen LogP contribution in [0.4, 0.5) is 9.59 Å². The van der Waals surface area contributed by atoms with Crippen LogP contribution in [0, 0.1) is 0 Å². The Labute approximate surface area is 180 Å². The Morgan fingerprint density at radius 2 is 2.16 bits per heavy atom.